The summed E-state index contributed by atoms with van der Waals surface area (Å²) in [6.45, 7) is 5.57. The van der Waals surface area contributed by atoms with Gasteiger partial charge in [-0.1, -0.05) is 54.6 Å². The molecule has 0 aliphatic carbocycles. The highest BCUT2D eigenvalue weighted by molar-refractivity contribution is 5.81. The summed E-state index contributed by atoms with van der Waals surface area (Å²) in [7, 11) is 0. The first-order valence-electron chi connectivity index (χ1n) is 9.40. The van der Waals surface area contributed by atoms with E-state index in [0.29, 0.717) is 5.56 Å². The van der Waals surface area contributed by atoms with Crippen molar-refractivity contribution in [2.24, 2.45) is 0 Å². The van der Waals surface area contributed by atoms with Crippen LogP contribution in [0.4, 0.5) is 9.59 Å². The molecule has 0 spiro atoms. The Hall–Kier alpha value is -3.55. The molecule has 2 rings (SSSR count). The molecule has 0 saturated heterocycles. The van der Waals surface area contributed by atoms with Crippen LogP contribution in [0.2, 0.25) is 0 Å². The summed E-state index contributed by atoms with van der Waals surface area (Å²) in [5, 5.41) is 14.4. The Labute approximate surface area is 175 Å². The van der Waals surface area contributed by atoms with Gasteiger partial charge in [0.1, 0.15) is 12.2 Å². The Bertz CT molecular complexity index is 859. The zero-order valence-electron chi connectivity index (χ0n) is 17.2. The summed E-state index contributed by atoms with van der Waals surface area (Å²) in [4.78, 5) is 35.3. The van der Waals surface area contributed by atoms with Gasteiger partial charge in [0.15, 0.2) is 6.04 Å². The number of rotatable bonds is 7. The summed E-state index contributed by atoms with van der Waals surface area (Å²) in [6.07, 6.45) is -1.38. The first-order valence-corrected chi connectivity index (χ1v) is 9.40. The molecule has 3 N–H and O–H groups in total. The highest BCUT2D eigenvalue weighted by Crippen LogP contribution is 2.15. The van der Waals surface area contributed by atoms with E-state index in [1.165, 1.54) is 0 Å². The van der Waals surface area contributed by atoms with Gasteiger partial charge in [-0.3, -0.25) is 0 Å². The molecule has 0 saturated carbocycles. The zero-order valence-corrected chi connectivity index (χ0v) is 17.2. The van der Waals surface area contributed by atoms with Crippen molar-refractivity contribution in [2.45, 2.75) is 45.6 Å². The van der Waals surface area contributed by atoms with Gasteiger partial charge in [0.25, 0.3) is 0 Å². The summed E-state index contributed by atoms with van der Waals surface area (Å²) >= 11 is 0. The number of benzene rings is 2. The Morgan fingerprint density at radius 1 is 0.933 bits per heavy atom. The lowest BCUT2D eigenvalue weighted by Crippen LogP contribution is -2.34. The third kappa shape index (κ3) is 7.83. The molecule has 30 heavy (non-hydrogen) atoms. The van der Waals surface area contributed by atoms with E-state index >= 15 is 0 Å². The fourth-order valence-corrected chi connectivity index (χ4v) is 2.49. The van der Waals surface area contributed by atoms with Crippen LogP contribution in [0.15, 0.2) is 54.6 Å². The Morgan fingerprint density at radius 3 is 2.13 bits per heavy atom. The minimum atomic E-state index is -1.26. The summed E-state index contributed by atoms with van der Waals surface area (Å²) in [6, 6.07) is 14.3. The quantitative estimate of drug-likeness (QED) is 0.636. The topological polar surface area (TPSA) is 114 Å². The molecule has 1 atom stereocenters. The Kier molecular flexibility index (Phi) is 7.80. The van der Waals surface area contributed by atoms with Crippen molar-refractivity contribution < 1.29 is 29.0 Å². The van der Waals surface area contributed by atoms with Crippen LogP contribution >= 0.6 is 0 Å². The van der Waals surface area contributed by atoms with Crippen LogP contribution in [-0.4, -0.2) is 28.9 Å². The lowest BCUT2D eigenvalue weighted by Gasteiger charge is -2.19. The lowest BCUT2D eigenvalue weighted by atomic mass is 10.0. The predicted molar refractivity (Wildman–Crippen MR) is 110 cm³/mol. The first-order chi connectivity index (χ1) is 14.1. The minimum Gasteiger partial charge on any atom is -0.479 e. The fourth-order valence-electron chi connectivity index (χ4n) is 2.49. The number of carboxylic acids is 1. The molecular weight excluding hydrogens is 388 g/mol. The normalized spacial score (nSPS) is 11.8. The van der Waals surface area contributed by atoms with Crippen LogP contribution in [0.1, 0.15) is 43.5 Å². The van der Waals surface area contributed by atoms with Crippen molar-refractivity contribution in [3.05, 3.63) is 71.3 Å². The largest absolute Gasteiger partial charge is 0.479 e. The fraction of sp³-hybridized carbons (Fsp3) is 0.318. The number of hydrogen-bond acceptors (Lipinski definition) is 5. The van der Waals surface area contributed by atoms with Gasteiger partial charge < -0.3 is 25.2 Å². The van der Waals surface area contributed by atoms with Crippen LogP contribution in [0, 0.1) is 0 Å². The van der Waals surface area contributed by atoms with Crippen molar-refractivity contribution in [1.82, 2.24) is 10.6 Å². The maximum atomic E-state index is 12.0. The van der Waals surface area contributed by atoms with Gasteiger partial charge >= 0.3 is 18.2 Å². The van der Waals surface area contributed by atoms with Crippen LogP contribution in [0.3, 0.4) is 0 Å². The van der Waals surface area contributed by atoms with Crippen molar-refractivity contribution in [2.75, 3.05) is 0 Å². The zero-order chi connectivity index (χ0) is 22.1. The molecule has 0 aliphatic rings. The van der Waals surface area contributed by atoms with Gasteiger partial charge in [0.2, 0.25) is 0 Å². The van der Waals surface area contributed by atoms with E-state index in [-0.39, 0.29) is 13.2 Å². The van der Waals surface area contributed by atoms with Crippen LogP contribution in [-0.2, 0) is 27.4 Å². The second kappa shape index (κ2) is 10.3. The van der Waals surface area contributed by atoms with E-state index in [1.807, 2.05) is 18.2 Å². The van der Waals surface area contributed by atoms with Crippen LogP contribution in [0.5, 0.6) is 0 Å². The van der Waals surface area contributed by atoms with Gasteiger partial charge in [-0.05, 0) is 37.5 Å². The number of amides is 2. The highest BCUT2D eigenvalue weighted by Gasteiger charge is 2.23. The number of carbonyl (C=O) groups excluding carboxylic acids is 2. The second-order valence-corrected chi connectivity index (χ2v) is 7.57. The lowest BCUT2D eigenvalue weighted by molar-refractivity contribution is -0.139. The van der Waals surface area contributed by atoms with E-state index in [1.54, 1.807) is 57.2 Å². The number of nitrogens with one attached hydrogen (secondary N) is 2. The van der Waals surface area contributed by atoms with Gasteiger partial charge in [-0.2, -0.15) is 0 Å². The molecule has 0 aromatic heterocycles. The van der Waals surface area contributed by atoms with Crippen LogP contribution in [0.25, 0.3) is 0 Å². The Morgan fingerprint density at radius 2 is 1.57 bits per heavy atom. The molecule has 0 heterocycles. The average Bonchev–Trinajstić information content (AvgIpc) is 2.69. The predicted octanol–water partition coefficient (Wildman–Crippen LogP) is 3.76. The molecule has 0 fully saturated rings. The molecule has 0 bridgehead atoms. The van der Waals surface area contributed by atoms with Crippen molar-refractivity contribution in [3.8, 4) is 0 Å². The third-order valence-electron chi connectivity index (χ3n) is 3.87. The van der Waals surface area contributed by atoms with Gasteiger partial charge in [0.05, 0.1) is 0 Å². The van der Waals surface area contributed by atoms with E-state index in [4.69, 9.17) is 9.47 Å². The molecule has 2 aromatic rings. The van der Waals surface area contributed by atoms with Gasteiger partial charge in [-0.25, -0.2) is 14.4 Å². The number of ether oxygens (including phenoxy) is 2. The molecule has 160 valence electrons. The number of alkyl carbamates (subject to hydrolysis) is 2. The molecule has 1 unspecified atom stereocenters. The molecule has 0 aliphatic heterocycles. The average molecular weight is 414 g/mol. The SMILES string of the molecule is CC(C)(C)OC(=O)NCc1ccc(C(NC(=O)OCc2ccccc2)C(=O)O)cc1. The minimum absolute atomic E-state index is 0.0360. The van der Waals surface area contributed by atoms with E-state index in [9.17, 15) is 19.5 Å². The van der Waals surface area contributed by atoms with Crippen molar-refractivity contribution in [1.29, 1.82) is 0 Å². The summed E-state index contributed by atoms with van der Waals surface area (Å²) in [5.41, 5.74) is 1.32. The monoisotopic (exact) mass is 414 g/mol. The van der Waals surface area contributed by atoms with E-state index in [2.05, 4.69) is 10.6 Å². The maximum Gasteiger partial charge on any atom is 0.408 e. The standard InChI is InChI=1S/C22H26N2O6/c1-22(2,3)30-20(27)23-13-15-9-11-17(12-10-15)18(19(25)26)24-21(28)29-14-16-7-5-4-6-8-16/h4-12,18H,13-14H2,1-3H3,(H,23,27)(H,24,28)(H,25,26). The molecule has 2 amide bonds. The van der Waals surface area contributed by atoms with Crippen molar-refractivity contribution in [3.63, 3.8) is 0 Å². The molecule has 8 heteroatoms. The van der Waals surface area contributed by atoms with Crippen molar-refractivity contribution >= 4 is 18.2 Å². The van der Waals surface area contributed by atoms with Gasteiger partial charge in [0, 0.05) is 6.54 Å². The van der Waals surface area contributed by atoms with E-state index in [0.717, 1.165) is 11.1 Å². The third-order valence-corrected chi connectivity index (χ3v) is 3.87. The summed E-state index contributed by atoms with van der Waals surface area (Å²) in [5.74, 6) is -1.22. The maximum absolute atomic E-state index is 12.0. The smallest absolute Gasteiger partial charge is 0.408 e. The van der Waals surface area contributed by atoms with Crippen LogP contribution < -0.4 is 10.6 Å². The molecular formula is C22H26N2O6. The summed E-state index contributed by atoms with van der Waals surface area (Å²) < 4.78 is 10.2. The highest BCUT2D eigenvalue weighted by atomic mass is 16.6. The number of carbonyl (C=O) groups is 3. The molecule has 0 radical (unpaired) electrons. The van der Waals surface area contributed by atoms with E-state index < -0.39 is 29.8 Å². The Balaban J connectivity index is 1.91. The number of carboxylic acid groups (broad SMARTS) is 1. The van der Waals surface area contributed by atoms with Gasteiger partial charge in [-0.15, -0.1) is 0 Å². The second-order valence-electron chi connectivity index (χ2n) is 7.57. The number of aliphatic carboxylic acids is 1. The molecule has 8 nitrogen and oxygen atoms in total. The first kappa shape index (κ1) is 22.7. The molecule has 2 aromatic carbocycles. The number of hydrogen-bond donors (Lipinski definition) is 3.